The minimum atomic E-state index is -4.42. The molecular weight excluding hydrogens is 295 g/mol. The van der Waals surface area contributed by atoms with Crippen molar-refractivity contribution < 1.29 is 22.8 Å². The Morgan fingerprint density at radius 2 is 1.55 bits per heavy atom. The van der Waals surface area contributed by atoms with E-state index in [4.69, 9.17) is 0 Å². The molecule has 1 aromatic heterocycles. The number of alkyl halides is 3. The number of aromatic nitrogens is 1. The van der Waals surface area contributed by atoms with Crippen molar-refractivity contribution in [1.82, 2.24) is 4.57 Å². The molecule has 2 aromatic rings. The smallest absolute Gasteiger partial charge is 0.349 e. The molecule has 1 heterocycles. The van der Waals surface area contributed by atoms with E-state index in [-0.39, 0.29) is 22.7 Å². The number of fused-ring (bicyclic) bond motifs is 1. The highest BCUT2D eigenvalue weighted by atomic mass is 19.4. The highest BCUT2D eigenvalue weighted by Crippen LogP contribution is 2.34. The lowest BCUT2D eigenvalue weighted by atomic mass is 9.94. The van der Waals surface area contributed by atoms with E-state index in [0.717, 1.165) is 12.1 Å². The van der Waals surface area contributed by atoms with Crippen molar-refractivity contribution in [2.24, 2.45) is 7.05 Å². The van der Waals surface area contributed by atoms with Gasteiger partial charge in [-0.15, -0.1) is 0 Å². The van der Waals surface area contributed by atoms with Crippen LogP contribution in [-0.4, -0.2) is 16.1 Å². The molecule has 0 N–H and O–H groups in total. The minimum Gasteiger partial charge on any atom is -0.349 e. The van der Waals surface area contributed by atoms with E-state index >= 15 is 0 Å². The zero-order valence-corrected chi connectivity index (χ0v) is 11.4. The third-order valence-electron chi connectivity index (χ3n) is 3.57. The van der Waals surface area contributed by atoms with E-state index in [0.29, 0.717) is 11.3 Å². The summed E-state index contributed by atoms with van der Waals surface area (Å²) in [5.74, 6) is -0.617. The topological polar surface area (TPSA) is 39.1 Å². The zero-order chi connectivity index (χ0) is 16.1. The maximum atomic E-state index is 12.6. The van der Waals surface area contributed by atoms with Gasteiger partial charge in [0.15, 0.2) is 11.6 Å². The molecule has 1 aliphatic rings. The molecule has 1 aliphatic carbocycles. The Bertz CT molecular complexity index is 811. The molecule has 0 fully saturated rings. The molecule has 0 atom stereocenters. The van der Waals surface area contributed by atoms with Crippen LogP contribution in [0, 0.1) is 0 Å². The van der Waals surface area contributed by atoms with Crippen molar-refractivity contribution in [2.45, 2.75) is 6.18 Å². The first-order valence-electron chi connectivity index (χ1n) is 6.42. The molecule has 0 bridgehead atoms. The molecule has 3 rings (SSSR count). The fourth-order valence-electron chi connectivity index (χ4n) is 2.55. The van der Waals surface area contributed by atoms with E-state index in [1.807, 2.05) is 0 Å². The van der Waals surface area contributed by atoms with Gasteiger partial charge in [0, 0.05) is 13.2 Å². The average Bonchev–Trinajstić information content (AvgIpc) is 2.81. The van der Waals surface area contributed by atoms with Gasteiger partial charge < -0.3 is 4.57 Å². The Morgan fingerprint density at radius 1 is 0.955 bits per heavy atom. The zero-order valence-electron chi connectivity index (χ0n) is 11.4. The SMILES string of the molecule is Cn1cc2c(c1-c1ccc(C(F)(F)F)cc1)C(=O)C=CC2=O. The number of allylic oxidation sites excluding steroid dienone is 2. The summed E-state index contributed by atoms with van der Waals surface area (Å²) in [6.07, 6.45) is -0.522. The summed E-state index contributed by atoms with van der Waals surface area (Å²) in [4.78, 5) is 23.8. The fourth-order valence-corrected chi connectivity index (χ4v) is 2.55. The number of hydrogen-bond acceptors (Lipinski definition) is 2. The van der Waals surface area contributed by atoms with Crippen LogP contribution >= 0.6 is 0 Å². The van der Waals surface area contributed by atoms with Gasteiger partial charge in [-0.25, -0.2) is 0 Å². The van der Waals surface area contributed by atoms with Crippen LogP contribution in [0.4, 0.5) is 13.2 Å². The Morgan fingerprint density at radius 3 is 2.14 bits per heavy atom. The van der Waals surface area contributed by atoms with E-state index in [1.54, 1.807) is 11.6 Å². The lowest BCUT2D eigenvalue weighted by Gasteiger charge is -2.11. The number of carbonyl (C=O) groups is 2. The standard InChI is InChI=1S/C16H10F3NO2/c1-20-8-11-12(21)6-7-13(22)14(11)15(20)9-2-4-10(5-3-9)16(17,18)19/h2-8H,1H3. The fraction of sp³-hybridized carbons (Fsp3) is 0.125. The van der Waals surface area contributed by atoms with Gasteiger partial charge in [-0.1, -0.05) is 12.1 Å². The number of halogens is 3. The highest BCUT2D eigenvalue weighted by molar-refractivity contribution is 6.24. The Labute approximate surface area is 123 Å². The molecular formula is C16H10F3NO2. The van der Waals surface area contributed by atoms with Gasteiger partial charge in [-0.3, -0.25) is 9.59 Å². The predicted molar refractivity (Wildman–Crippen MR) is 73.7 cm³/mol. The summed E-state index contributed by atoms with van der Waals surface area (Å²) in [6.45, 7) is 0. The van der Waals surface area contributed by atoms with Crippen molar-refractivity contribution in [3.8, 4) is 11.3 Å². The summed E-state index contributed by atoms with van der Waals surface area (Å²) >= 11 is 0. The molecule has 0 saturated carbocycles. The molecule has 6 heteroatoms. The van der Waals surface area contributed by atoms with Crippen LogP contribution in [0.2, 0.25) is 0 Å². The first-order valence-corrected chi connectivity index (χ1v) is 6.42. The lowest BCUT2D eigenvalue weighted by molar-refractivity contribution is -0.137. The molecule has 0 amide bonds. The van der Waals surface area contributed by atoms with Crippen LogP contribution in [0.5, 0.6) is 0 Å². The van der Waals surface area contributed by atoms with Crippen LogP contribution in [0.3, 0.4) is 0 Å². The molecule has 0 saturated heterocycles. The third-order valence-corrected chi connectivity index (χ3v) is 3.57. The molecule has 112 valence electrons. The highest BCUT2D eigenvalue weighted by Gasteiger charge is 2.31. The number of benzene rings is 1. The molecule has 0 unspecified atom stereocenters. The van der Waals surface area contributed by atoms with Gasteiger partial charge in [0.25, 0.3) is 0 Å². The van der Waals surface area contributed by atoms with Gasteiger partial charge in [-0.2, -0.15) is 13.2 Å². The number of rotatable bonds is 1. The van der Waals surface area contributed by atoms with Crippen molar-refractivity contribution in [2.75, 3.05) is 0 Å². The predicted octanol–water partition coefficient (Wildman–Crippen LogP) is 3.65. The molecule has 0 spiro atoms. The maximum absolute atomic E-state index is 12.6. The number of carbonyl (C=O) groups excluding carboxylic acids is 2. The number of aryl methyl sites for hydroxylation is 1. The maximum Gasteiger partial charge on any atom is 0.416 e. The molecule has 22 heavy (non-hydrogen) atoms. The number of hydrogen-bond donors (Lipinski definition) is 0. The van der Waals surface area contributed by atoms with Crippen molar-refractivity contribution in [3.63, 3.8) is 0 Å². The van der Waals surface area contributed by atoms with E-state index in [2.05, 4.69) is 0 Å². The van der Waals surface area contributed by atoms with E-state index in [1.165, 1.54) is 30.5 Å². The van der Waals surface area contributed by atoms with Crippen LogP contribution in [0.15, 0.2) is 42.6 Å². The first kappa shape index (κ1) is 14.3. The summed E-state index contributed by atoms with van der Waals surface area (Å²) in [5.41, 5.74) is 0.626. The average molecular weight is 305 g/mol. The normalized spacial score (nSPS) is 14.4. The Balaban J connectivity index is 2.15. The van der Waals surface area contributed by atoms with Crippen molar-refractivity contribution >= 4 is 11.6 Å². The minimum absolute atomic E-state index is 0.231. The molecule has 0 radical (unpaired) electrons. The summed E-state index contributed by atoms with van der Waals surface area (Å²) in [5, 5.41) is 0. The number of nitrogens with zero attached hydrogens (tertiary/aromatic N) is 1. The van der Waals surface area contributed by atoms with Crippen LogP contribution in [-0.2, 0) is 13.2 Å². The van der Waals surface area contributed by atoms with Gasteiger partial charge in [-0.05, 0) is 29.8 Å². The van der Waals surface area contributed by atoms with E-state index < -0.39 is 11.7 Å². The Hall–Kier alpha value is -2.63. The largest absolute Gasteiger partial charge is 0.416 e. The Kier molecular flexibility index (Phi) is 3.05. The molecule has 0 aliphatic heterocycles. The van der Waals surface area contributed by atoms with Gasteiger partial charge in [0.05, 0.1) is 22.4 Å². The summed E-state index contributed by atoms with van der Waals surface area (Å²) in [7, 11) is 1.64. The summed E-state index contributed by atoms with van der Waals surface area (Å²) < 4.78 is 39.4. The second-order valence-electron chi connectivity index (χ2n) is 5.01. The van der Waals surface area contributed by atoms with Crippen LogP contribution in [0.25, 0.3) is 11.3 Å². The molecule has 1 aromatic carbocycles. The monoisotopic (exact) mass is 305 g/mol. The van der Waals surface area contributed by atoms with Crippen molar-refractivity contribution in [1.29, 1.82) is 0 Å². The second kappa shape index (κ2) is 4.69. The number of ketones is 2. The van der Waals surface area contributed by atoms with Crippen molar-refractivity contribution in [3.05, 3.63) is 59.3 Å². The quantitative estimate of drug-likeness (QED) is 0.807. The first-order chi connectivity index (χ1) is 10.3. The van der Waals surface area contributed by atoms with Gasteiger partial charge in [0.1, 0.15) is 0 Å². The van der Waals surface area contributed by atoms with Crippen LogP contribution < -0.4 is 0 Å². The van der Waals surface area contributed by atoms with Gasteiger partial charge in [0.2, 0.25) is 0 Å². The third kappa shape index (κ3) is 2.16. The van der Waals surface area contributed by atoms with E-state index in [9.17, 15) is 22.8 Å². The van der Waals surface area contributed by atoms with Crippen LogP contribution in [0.1, 0.15) is 26.3 Å². The van der Waals surface area contributed by atoms with Gasteiger partial charge >= 0.3 is 6.18 Å². The molecule has 3 nitrogen and oxygen atoms in total. The second-order valence-corrected chi connectivity index (χ2v) is 5.01. The lowest BCUT2D eigenvalue weighted by Crippen LogP contribution is -2.10. The summed E-state index contributed by atoms with van der Waals surface area (Å²) in [6, 6.07) is 4.52.